The maximum Gasteiger partial charge on any atom is 0.0892 e. The Morgan fingerprint density at radius 1 is 1.21 bits per heavy atom. The Balaban J connectivity index is 1.70. The van der Waals surface area contributed by atoms with E-state index in [4.69, 9.17) is 9.47 Å². The topological polar surface area (TPSA) is 51.6 Å². The monoisotopic (exact) mass is 329 g/mol. The average Bonchev–Trinajstić information content (AvgIpc) is 2.59. The second-order valence-electron chi connectivity index (χ2n) is 7.37. The molecule has 0 unspecified atom stereocenters. The van der Waals surface area contributed by atoms with E-state index in [1.54, 1.807) is 7.11 Å². The number of aliphatic hydroxyl groups excluding tert-OH is 1. The van der Waals surface area contributed by atoms with Gasteiger partial charge in [0.05, 0.1) is 36.6 Å². The van der Waals surface area contributed by atoms with E-state index >= 15 is 0 Å². The van der Waals surface area contributed by atoms with Gasteiger partial charge < -0.3 is 14.6 Å². The van der Waals surface area contributed by atoms with Crippen molar-refractivity contribution < 1.29 is 14.6 Å². The lowest BCUT2D eigenvalue weighted by Crippen LogP contribution is -2.50. The molecule has 0 aliphatic heterocycles. The standard InChI is InChI=1S/C20H27NO3/c1-20(2)11-10-18(16(12-22)19(20)23-3)24-13-15-9-8-14-6-4-5-7-17(14)21-15/h4-9,16,18-19,22H,10-13H2,1-3H3/t16-,18-,19-/m1/s1. The van der Waals surface area contributed by atoms with Crippen LogP contribution in [0.25, 0.3) is 10.9 Å². The van der Waals surface area contributed by atoms with Crippen molar-refractivity contribution in [1.29, 1.82) is 0 Å². The second-order valence-corrected chi connectivity index (χ2v) is 7.37. The zero-order valence-electron chi connectivity index (χ0n) is 14.7. The van der Waals surface area contributed by atoms with Gasteiger partial charge in [-0.15, -0.1) is 0 Å². The summed E-state index contributed by atoms with van der Waals surface area (Å²) in [5.74, 6) is -0.000735. The van der Waals surface area contributed by atoms with Crippen LogP contribution in [0.2, 0.25) is 0 Å². The highest BCUT2D eigenvalue weighted by Crippen LogP contribution is 2.42. The number of aliphatic hydroxyl groups is 1. The normalized spacial score (nSPS) is 26.6. The van der Waals surface area contributed by atoms with E-state index in [0.29, 0.717) is 6.61 Å². The van der Waals surface area contributed by atoms with Gasteiger partial charge in [0.2, 0.25) is 0 Å². The fourth-order valence-corrected chi connectivity index (χ4v) is 3.94. The molecule has 1 aliphatic rings. The van der Waals surface area contributed by atoms with Gasteiger partial charge in [-0.25, -0.2) is 0 Å². The molecule has 0 bridgehead atoms. The van der Waals surface area contributed by atoms with E-state index in [9.17, 15) is 5.11 Å². The summed E-state index contributed by atoms with van der Waals surface area (Å²) in [7, 11) is 1.72. The molecule has 3 rings (SSSR count). The number of fused-ring (bicyclic) bond motifs is 1. The van der Waals surface area contributed by atoms with Crippen LogP contribution in [0.15, 0.2) is 36.4 Å². The van der Waals surface area contributed by atoms with Crippen molar-refractivity contribution in [2.75, 3.05) is 13.7 Å². The number of rotatable bonds is 5. The molecule has 4 nitrogen and oxygen atoms in total. The molecular formula is C20H27NO3. The van der Waals surface area contributed by atoms with Gasteiger partial charge in [-0.3, -0.25) is 4.98 Å². The van der Waals surface area contributed by atoms with Crippen LogP contribution < -0.4 is 0 Å². The Hall–Kier alpha value is -1.49. The Labute approximate surface area is 143 Å². The summed E-state index contributed by atoms with van der Waals surface area (Å²) in [6, 6.07) is 12.2. The van der Waals surface area contributed by atoms with E-state index < -0.39 is 0 Å². The predicted molar refractivity (Wildman–Crippen MR) is 94.7 cm³/mol. The molecule has 1 aromatic carbocycles. The highest BCUT2D eigenvalue weighted by molar-refractivity contribution is 5.78. The van der Waals surface area contributed by atoms with Crippen LogP contribution >= 0.6 is 0 Å². The van der Waals surface area contributed by atoms with Crippen LogP contribution in [-0.4, -0.2) is 36.0 Å². The van der Waals surface area contributed by atoms with Gasteiger partial charge >= 0.3 is 0 Å². The molecule has 1 heterocycles. The first-order valence-electron chi connectivity index (χ1n) is 8.65. The predicted octanol–water partition coefficient (Wildman–Crippen LogP) is 3.56. The highest BCUT2D eigenvalue weighted by atomic mass is 16.5. The molecule has 1 N–H and O–H groups in total. The third-order valence-corrected chi connectivity index (χ3v) is 5.28. The van der Waals surface area contributed by atoms with Gasteiger partial charge in [0, 0.05) is 18.4 Å². The summed E-state index contributed by atoms with van der Waals surface area (Å²) in [5.41, 5.74) is 1.96. The summed E-state index contributed by atoms with van der Waals surface area (Å²) in [6.45, 7) is 4.94. The SMILES string of the molecule is CO[C@@H]1[C@H](CO)[C@H](OCc2ccc3ccccc3n2)CCC1(C)C. The molecule has 0 spiro atoms. The molecule has 4 heteroatoms. The third-order valence-electron chi connectivity index (χ3n) is 5.28. The van der Waals surface area contributed by atoms with Crippen molar-refractivity contribution in [1.82, 2.24) is 4.98 Å². The molecule has 130 valence electrons. The summed E-state index contributed by atoms with van der Waals surface area (Å²) in [5, 5.41) is 11.0. The van der Waals surface area contributed by atoms with E-state index in [-0.39, 0.29) is 30.1 Å². The summed E-state index contributed by atoms with van der Waals surface area (Å²) < 4.78 is 11.8. The van der Waals surface area contributed by atoms with Crippen molar-refractivity contribution in [2.45, 2.75) is 45.5 Å². The maximum absolute atomic E-state index is 9.86. The average molecular weight is 329 g/mol. The van der Waals surface area contributed by atoms with Crippen molar-refractivity contribution in [2.24, 2.45) is 11.3 Å². The van der Waals surface area contributed by atoms with Crippen LogP contribution in [0.3, 0.4) is 0 Å². The molecule has 1 fully saturated rings. The lowest BCUT2D eigenvalue weighted by atomic mass is 9.68. The minimum Gasteiger partial charge on any atom is -0.396 e. The number of para-hydroxylation sites is 1. The van der Waals surface area contributed by atoms with E-state index in [2.05, 4.69) is 31.0 Å². The van der Waals surface area contributed by atoms with Crippen LogP contribution in [0, 0.1) is 11.3 Å². The highest BCUT2D eigenvalue weighted by Gasteiger charge is 2.44. The van der Waals surface area contributed by atoms with Crippen LogP contribution in [0.1, 0.15) is 32.4 Å². The zero-order chi connectivity index (χ0) is 17.2. The molecule has 0 radical (unpaired) electrons. The first-order chi connectivity index (χ1) is 11.5. The van der Waals surface area contributed by atoms with Crippen molar-refractivity contribution >= 4 is 10.9 Å². The number of ether oxygens (including phenoxy) is 2. The Morgan fingerprint density at radius 2 is 2.00 bits per heavy atom. The van der Waals surface area contributed by atoms with E-state index in [0.717, 1.165) is 29.4 Å². The first kappa shape index (κ1) is 17.3. The third kappa shape index (κ3) is 3.46. The fraction of sp³-hybridized carbons (Fsp3) is 0.550. The number of methoxy groups -OCH3 is 1. The second kappa shape index (κ2) is 7.18. The Kier molecular flexibility index (Phi) is 5.18. The molecule has 1 saturated carbocycles. The molecule has 24 heavy (non-hydrogen) atoms. The molecule has 0 saturated heterocycles. The Morgan fingerprint density at radius 3 is 2.75 bits per heavy atom. The molecular weight excluding hydrogens is 302 g/mol. The summed E-state index contributed by atoms with van der Waals surface area (Å²) in [4.78, 5) is 4.66. The molecule has 3 atom stereocenters. The minimum atomic E-state index is -0.000735. The maximum atomic E-state index is 9.86. The number of hydrogen-bond acceptors (Lipinski definition) is 4. The lowest BCUT2D eigenvalue weighted by Gasteiger charge is -2.46. The fourth-order valence-electron chi connectivity index (χ4n) is 3.94. The number of nitrogens with zero attached hydrogens (tertiary/aromatic N) is 1. The summed E-state index contributed by atoms with van der Waals surface area (Å²) >= 11 is 0. The van der Waals surface area contributed by atoms with Gasteiger partial charge in [-0.05, 0) is 30.4 Å². The van der Waals surface area contributed by atoms with Gasteiger partial charge in [-0.1, -0.05) is 38.1 Å². The quantitative estimate of drug-likeness (QED) is 0.911. The smallest absolute Gasteiger partial charge is 0.0892 e. The van der Waals surface area contributed by atoms with Crippen LogP contribution in [0.4, 0.5) is 0 Å². The van der Waals surface area contributed by atoms with Gasteiger partial charge in [0.15, 0.2) is 0 Å². The van der Waals surface area contributed by atoms with Crippen LogP contribution in [-0.2, 0) is 16.1 Å². The van der Waals surface area contributed by atoms with E-state index in [1.165, 1.54) is 0 Å². The first-order valence-corrected chi connectivity index (χ1v) is 8.65. The van der Waals surface area contributed by atoms with Crippen molar-refractivity contribution in [3.63, 3.8) is 0 Å². The number of pyridine rings is 1. The number of benzene rings is 1. The number of aromatic nitrogens is 1. The molecule has 0 amide bonds. The summed E-state index contributed by atoms with van der Waals surface area (Å²) in [6.07, 6.45) is 1.97. The largest absolute Gasteiger partial charge is 0.396 e. The lowest BCUT2D eigenvalue weighted by molar-refractivity contribution is -0.146. The molecule has 1 aromatic heterocycles. The zero-order valence-corrected chi connectivity index (χ0v) is 14.7. The van der Waals surface area contributed by atoms with Crippen molar-refractivity contribution in [3.8, 4) is 0 Å². The molecule has 2 aromatic rings. The molecule has 1 aliphatic carbocycles. The van der Waals surface area contributed by atoms with Gasteiger partial charge in [-0.2, -0.15) is 0 Å². The minimum absolute atomic E-state index is 0.000735. The van der Waals surface area contributed by atoms with E-state index in [1.807, 2.05) is 24.3 Å². The van der Waals surface area contributed by atoms with Crippen LogP contribution in [0.5, 0.6) is 0 Å². The van der Waals surface area contributed by atoms with Gasteiger partial charge in [0.1, 0.15) is 0 Å². The van der Waals surface area contributed by atoms with Gasteiger partial charge in [0.25, 0.3) is 0 Å². The van der Waals surface area contributed by atoms with Crippen molar-refractivity contribution in [3.05, 3.63) is 42.1 Å². The number of hydrogen-bond donors (Lipinski definition) is 1. The Bertz CT molecular complexity index is 685.